The Morgan fingerprint density at radius 1 is 0.800 bits per heavy atom. The topological polar surface area (TPSA) is 28.0 Å². The zero-order chi connectivity index (χ0) is 24.0. The van der Waals surface area contributed by atoms with Crippen LogP contribution in [0.3, 0.4) is 0 Å². The van der Waals surface area contributed by atoms with Crippen LogP contribution in [0.15, 0.2) is 58.5 Å². The molecule has 2 heterocycles. The first-order chi connectivity index (χ1) is 17.0. The molecule has 6 rings (SSSR count). The maximum absolute atomic E-state index is 13.7. The lowest BCUT2D eigenvalue weighted by molar-refractivity contribution is -0.137. The molecule has 0 bridgehead atoms. The molecule has 6 heteroatoms. The number of benzene rings is 2. The van der Waals surface area contributed by atoms with E-state index < -0.39 is 11.7 Å². The van der Waals surface area contributed by atoms with Crippen LogP contribution in [0.1, 0.15) is 80.9 Å². The van der Waals surface area contributed by atoms with Gasteiger partial charge in [-0.2, -0.15) is 13.2 Å². The third-order valence-electron chi connectivity index (χ3n) is 7.86. The van der Waals surface area contributed by atoms with E-state index in [9.17, 15) is 13.2 Å². The SMILES string of the molecule is FC(F)(F)c1ccc2c(c1)C1=C(c3ccccc3)C(=NC3CCCCC3)N(C3CCCCC3)C1=N2. The Morgan fingerprint density at radius 2 is 1.49 bits per heavy atom. The van der Waals surface area contributed by atoms with Gasteiger partial charge in [0, 0.05) is 22.8 Å². The maximum atomic E-state index is 13.7. The highest BCUT2D eigenvalue weighted by Gasteiger charge is 2.44. The largest absolute Gasteiger partial charge is 0.416 e. The summed E-state index contributed by atoms with van der Waals surface area (Å²) in [6, 6.07) is 14.5. The van der Waals surface area contributed by atoms with Gasteiger partial charge in [0.2, 0.25) is 0 Å². The Bertz CT molecular complexity index is 1200. The summed E-state index contributed by atoms with van der Waals surface area (Å²) in [5, 5.41) is 0. The van der Waals surface area contributed by atoms with E-state index in [1.54, 1.807) is 0 Å². The van der Waals surface area contributed by atoms with Crippen LogP contribution in [0.2, 0.25) is 0 Å². The molecule has 2 aliphatic carbocycles. The first kappa shape index (κ1) is 22.6. The Labute approximate surface area is 204 Å². The molecule has 4 aliphatic rings. The van der Waals surface area contributed by atoms with Crippen molar-refractivity contribution in [3.8, 4) is 0 Å². The van der Waals surface area contributed by atoms with Crippen LogP contribution in [0.4, 0.5) is 18.9 Å². The quantitative estimate of drug-likeness (QED) is 0.440. The van der Waals surface area contributed by atoms with Gasteiger partial charge in [0.1, 0.15) is 11.7 Å². The average Bonchev–Trinajstić information content (AvgIpc) is 3.38. The minimum absolute atomic E-state index is 0.254. The summed E-state index contributed by atoms with van der Waals surface area (Å²) < 4.78 is 41.1. The molecular formula is C29H30F3N3. The summed E-state index contributed by atoms with van der Waals surface area (Å²) in [7, 11) is 0. The molecule has 0 aromatic heterocycles. The van der Waals surface area contributed by atoms with E-state index in [4.69, 9.17) is 9.98 Å². The van der Waals surface area contributed by atoms with Crippen molar-refractivity contribution < 1.29 is 13.2 Å². The molecule has 0 atom stereocenters. The van der Waals surface area contributed by atoms with Gasteiger partial charge in [-0.15, -0.1) is 0 Å². The number of rotatable bonds is 3. The van der Waals surface area contributed by atoms with Gasteiger partial charge in [-0.05, 0) is 49.4 Å². The van der Waals surface area contributed by atoms with Crippen LogP contribution in [0.25, 0.3) is 11.1 Å². The number of fused-ring (bicyclic) bond motifs is 3. The molecule has 0 radical (unpaired) electrons. The normalized spacial score (nSPS) is 22.5. The summed E-state index contributed by atoms with van der Waals surface area (Å²) in [6.07, 6.45) is 7.02. The van der Waals surface area contributed by atoms with Crippen LogP contribution in [0.5, 0.6) is 0 Å². The van der Waals surface area contributed by atoms with Crippen LogP contribution >= 0.6 is 0 Å². The summed E-state index contributed by atoms with van der Waals surface area (Å²) in [6.45, 7) is 0. The van der Waals surface area contributed by atoms with Crippen molar-refractivity contribution >= 4 is 28.5 Å². The zero-order valence-corrected chi connectivity index (χ0v) is 19.8. The van der Waals surface area contributed by atoms with Gasteiger partial charge in [0.25, 0.3) is 0 Å². The molecule has 2 aliphatic heterocycles. The highest BCUT2D eigenvalue weighted by molar-refractivity contribution is 6.53. The molecule has 2 saturated carbocycles. The number of amidine groups is 2. The molecule has 3 nitrogen and oxygen atoms in total. The highest BCUT2D eigenvalue weighted by atomic mass is 19.4. The van der Waals surface area contributed by atoms with E-state index in [-0.39, 0.29) is 12.1 Å². The number of nitrogens with zero attached hydrogens (tertiary/aromatic N) is 3. The molecule has 0 N–H and O–H groups in total. The summed E-state index contributed by atoms with van der Waals surface area (Å²) in [5.41, 5.74) is 3.32. The first-order valence-electron chi connectivity index (χ1n) is 13.0. The second kappa shape index (κ2) is 8.96. The van der Waals surface area contributed by atoms with Gasteiger partial charge in [0.05, 0.1) is 17.3 Å². The summed E-state index contributed by atoms with van der Waals surface area (Å²) in [4.78, 5) is 12.6. The predicted molar refractivity (Wildman–Crippen MR) is 135 cm³/mol. The lowest BCUT2D eigenvalue weighted by Crippen LogP contribution is -2.42. The van der Waals surface area contributed by atoms with E-state index in [1.807, 2.05) is 30.3 Å². The number of hydrogen-bond acceptors (Lipinski definition) is 2. The Morgan fingerprint density at radius 3 is 2.17 bits per heavy atom. The van der Waals surface area contributed by atoms with Crippen molar-refractivity contribution in [2.75, 3.05) is 0 Å². The van der Waals surface area contributed by atoms with Gasteiger partial charge in [-0.3, -0.25) is 4.99 Å². The fraction of sp³-hybridized carbons (Fsp3) is 0.448. The number of alkyl halides is 3. The first-order valence-corrected chi connectivity index (χ1v) is 13.0. The van der Waals surface area contributed by atoms with Crippen LogP contribution in [0, 0.1) is 0 Å². The second-order valence-electron chi connectivity index (χ2n) is 10.2. The van der Waals surface area contributed by atoms with E-state index in [0.29, 0.717) is 11.3 Å². The van der Waals surface area contributed by atoms with Gasteiger partial charge in [0.15, 0.2) is 0 Å². The van der Waals surface area contributed by atoms with Gasteiger partial charge in [-0.25, -0.2) is 4.99 Å². The maximum Gasteiger partial charge on any atom is 0.416 e. The van der Waals surface area contributed by atoms with Crippen molar-refractivity contribution in [2.24, 2.45) is 9.98 Å². The lowest BCUT2D eigenvalue weighted by Gasteiger charge is -2.34. The van der Waals surface area contributed by atoms with Crippen molar-refractivity contribution in [2.45, 2.75) is 82.5 Å². The molecule has 0 spiro atoms. The van der Waals surface area contributed by atoms with Gasteiger partial charge >= 0.3 is 6.18 Å². The molecule has 182 valence electrons. The Balaban J connectivity index is 1.57. The van der Waals surface area contributed by atoms with Crippen molar-refractivity contribution in [1.29, 1.82) is 0 Å². The second-order valence-corrected chi connectivity index (χ2v) is 10.2. The van der Waals surface area contributed by atoms with E-state index in [2.05, 4.69) is 4.90 Å². The molecule has 0 amide bonds. The number of aliphatic imine (C=N–C) groups is 2. The van der Waals surface area contributed by atoms with E-state index in [1.165, 1.54) is 37.8 Å². The fourth-order valence-corrected chi connectivity index (χ4v) is 6.13. The standard InChI is InChI=1S/C29H30F3N3/c30-29(31,32)20-16-17-24-23(18-20)26-25(19-10-4-1-5-11-19)27(33-21-12-6-2-7-13-21)35(28(26)34-24)22-14-8-3-9-15-22/h1,4-5,10-11,16-18,21-22H,2-3,6-9,12-15H2. The van der Waals surface area contributed by atoms with Crippen LogP contribution in [-0.2, 0) is 6.18 Å². The van der Waals surface area contributed by atoms with Crippen molar-refractivity contribution in [3.63, 3.8) is 0 Å². The molecular weight excluding hydrogens is 447 g/mol. The molecule has 0 unspecified atom stereocenters. The predicted octanol–water partition coefficient (Wildman–Crippen LogP) is 8.04. The molecule has 2 aromatic rings. The summed E-state index contributed by atoms with van der Waals surface area (Å²) >= 11 is 0. The average molecular weight is 478 g/mol. The fourth-order valence-electron chi connectivity index (χ4n) is 6.13. The monoisotopic (exact) mass is 477 g/mol. The Kier molecular flexibility index (Phi) is 5.78. The molecule has 35 heavy (non-hydrogen) atoms. The Hall–Kier alpha value is -2.89. The minimum atomic E-state index is -4.40. The molecule has 2 fully saturated rings. The zero-order valence-electron chi connectivity index (χ0n) is 19.8. The lowest BCUT2D eigenvalue weighted by atomic mass is 9.93. The van der Waals surface area contributed by atoms with Crippen molar-refractivity contribution in [3.05, 3.63) is 65.2 Å². The number of halogens is 3. The molecule has 0 saturated heterocycles. The number of hydrogen-bond donors (Lipinski definition) is 0. The minimum Gasteiger partial charge on any atom is -0.307 e. The van der Waals surface area contributed by atoms with Crippen LogP contribution < -0.4 is 0 Å². The van der Waals surface area contributed by atoms with Crippen molar-refractivity contribution in [1.82, 2.24) is 4.90 Å². The smallest absolute Gasteiger partial charge is 0.307 e. The van der Waals surface area contributed by atoms with E-state index in [0.717, 1.165) is 73.0 Å². The highest BCUT2D eigenvalue weighted by Crippen LogP contribution is 2.49. The third kappa shape index (κ3) is 4.11. The van der Waals surface area contributed by atoms with Crippen LogP contribution in [-0.4, -0.2) is 28.7 Å². The van der Waals surface area contributed by atoms with Gasteiger partial charge < -0.3 is 4.90 Å². The van der Waals surface area contributed by atoms with E-state index >= 15 is 0 Å². The van der Waals surface area contributed by atoms with Gasteiger partial charge in [-0.1, -0.05) is 68.9 Å². The third-order valence-corrected chi connectivity index (χ3v) is 7.86. The summed E-state index contributed by atoms with van der Waals surface area (Å²) in [5.74, 6) is 1.71. The molecule has 2 aromatic carbocycles.